The third-order valence-corrected chi connectivity index (χ3v) is 2.43. The van der Waals surface area contributed by atoms with Crippen molar-refractivity contribution < 1.29 is 18.1 Å². The second-order valence-electron chi connectivity index (χ2n) is 3.10. The van der Waals surface area contributed by atoms with Gasteiger partial charge in [0, 0.05) is 17.3 Å². The first-order valence-electron chi connectivity index (χ1n) is 3.54. The summed E-state index contributed by atoms with van der Waals surface area (Å²) in [7, 11) is 0. The average Bonchev–Trinajstić information content (AvgIpc) is 1.80. The smallest absolute Gasteiger partial charge is 0.264 e. The van der Waals surface area contributed by atoms with Gasteiger partial charge in [0.1, 0.15) is 0 Å². The summed E-state index contributed by atoms with van der Waals surface area (Å²) in [6, 6.07) is -1.00. The van der Waals surface area contributed by atoms with E-state index in [-0.39, 0.29) is 6.42 Å². The molecule has 6 heteroatoms. The molecule has 0 aromatic rings. The maximum Gasteiger partial charge on any atom is 0.392 e. The van der Waals surface area contributed by atoms with Crippen molar-refractivity contribution >= 4 is 0 Å². The summed E-state index contributed by atoms with van der Waals surface area (Å²) in [5.41, 5.74) is 0. The van der Waals surface area contributed by atoms with Crippen LogP contribution in [0.15, 0.2) is 0 Å². The molecule has 1 saturated carbocycles. The van der Waals surface area contributed by atoms with Crippen LogP contribution in [-0.4, -0.2) is 17.1 Å². The minimum absolute atomic E-state index is 0.363. The predicted molar refractivity (Wildman–Crippen MR) is 34.1 cm³/mol. The highest BCUT2D eigenvalue weighted by Crippen LogP contribution is 2.46. The van der Waals surface area contributed by atoms with Crippen molar-refractivity contribution in [2.75, 3.05) is 0 Å². The Morgan fingerprint density at radius 2 is 2.00 bits per heavy atom. The number of rotatable bonds is 1. The van der Waals surface area contributed by atoms with Gasteiger partial charge < -0.3 is 0 Å². The van der Waals surface area contributed by atoms with Crippen LogP contribution in [0.4, 0.5) is 13.2 Å². The maximum atomic E-state index is 12.0. The normalized spacial score (nSPS) is 35.8. The summed E-state index contributed by atoms with van der Waals surface area (Å²) in [5.74, 6) is -2.35. The molecule has 0 saturated heterocycles. The molecule has 1 aliphatic rings. The van der Waals surface area contributed by atoms with Gasteiger partial charge in [-0.25, -0.2) is 0 Å². The van der Waals surface area contributed by atoms with Crippen molar-refractivity contribution in [3.63, 3.8) is 0 Å². The van der Waals surface area contributed by atoms with E-state index in [0.29, 0.717) is 0 Å². The zero-order chi connectivity index (χ0) is 9.52. The molecule has 2 unspecified atom stereocenters. The van der Waals surface area contributed by atoms with Crippen LogP contribution >= 0.6 is 0 Å². The number of nitrogens with zero attached hydrogens (tertiary/aromatic N) is 1. The fraction of sp³-hybridized carbons (Fsp3) is 1.00. The third kappa shape index (κ3) is 1.37. The molecule has 0 radical (unpaired) electrons. The van der Waals surface area contributed by atoms with E-state index in [1.54, 1.807) is 0 Å². The van der Waals surface area contributed by atoms with Crippen molar-refractivity contribution in [1.82, 2.24) is 0 Å². The van der Waals surface area contributed by atoms with E-state index in [1.165, 1.54) is 6.92 Å². The van der Waals surface area contributed by atoms with E-state index in [4.69, 9.17) is 0 Å². The maximum absolute atomic E-state index is 12.0. The van der Waals surface area contributed by atoms with E-state index in [9.17, 15) is 23.3 Å². The van der Waals surface area contributed by atoms with Crippen LogP contribution < -0.4 is 0 Å². The molecule has 0 heterocycles. The molecule has 70 valence electrons. The highest BCUT2D eigenvalue weighted by Gasteiger charge is 2.58. The molecule has 0 aromatic heterocycles. The number of halogens is 3. The predicted octanol–water partition coefficient (Wildman–Crippen LogP) is 1.85. The van der Waals surface area contributed by atoms with Crippen LogP contribution in [0.3, 0.4) is 0 Å². The molecular weight excluding hydrogens is 175 g/mol. The highest BCUT2D eigenvalue weighted by molar-refractivity contribution is 4.90. The van der Waals surface area contributed by atoms with Gasteiger partial charge in [-0.2, -0.15) is 13.2 Å². The monoisotopic (exact) mass is 183 g/mol. The molecular formula is C6H8F3NO2. The first-order chi connectivity index (χ1) is 5.34. The van der Waals surface area contributed by atoms with Gasteiger partial charge in [-0.1, -0.05) is 6.92 Å². The molecule has 3 nitrogen and oxygen atoms in total. The van der Waals surface area contributed by atoms with Gasteiger partial charge in [-0.05, 0) is 0 Å². The Morgan fingerprint density at radius 1 is 1.50 bits per heavy atom. The molecule has 12 heavy (non-hydrogen) atoms. The summed E-state index contributed by atoms with van der Waals surface area (Å²) < 4.78 is 35.9. The molecule has 0 aliphatic heterocycles. The molecule has 0 spiro atoms. The van der Waals surface area contributed by atoms with Crippen LogP contribution in [0.1, 0.15) is 13.3 Å². The Hall–Kier alpha value is -0.810. The lowest BCUT2D eigenvalue weighted by atomic mass is 9.70. The molecule has 0 aromatic carbocycles. The van der Waals surface area contributed by atoms with Gasteiger partial charge >= 0.3 is 6.18 Å². The Bertz CT molecular complexity index is 203. The fourth-order valence-corrected chi connectivity index (χ4v) is 1.47. The van der Waals surface area contributed by atoms with Crippen LogP contribution in [0, 0.1) is 22.0 Å². The Balaban J connectivity index is 2.55. The molecule has 1 rings (SSSR count). The molecule has 0 N–H and O–H groups in total. The van der Waals surface area contributed by atoms with Gasteiger partial charge in [-0.15, -0.1) is 0 Å². The minimum atomic E-state index is -4.27. The van der Waals surface area contributed by atoms with Crippen LogP contribution in [-0.2, 0) is 0 Å². The summed E-state index contributed by atoms with van der Waals surface area (Å²) >= 11 is 0. The van der Waals surface area contributed by atoms with Crippen molar-refractivity contribution in [3.05, 3.63) is 10.1 Å². The lowest BCUT2D eigenvalue weighted by Crippen LogP contribution is -2.50. The van der Waals surface area contributed by atoms with E-state index < -0.39 is 29.0 Å². The summed E-state index contributed by atoms with van der Waals surface area (Å²) in [6.07, 6.45) is -4.64. The Kier molecular flexibility index (Phi) is 2.01. The number of nitro groups is 1. The first-order valence-corrected chi connectivity index (χ1v) is 3.54. The largest absolute Gasteiger partial charge is 0.392 e. The standard InChI is InChI=1S/C6H8F3NO2/c1-3-4(6(7,8)9)2-5(3)10(11)12/h3-5H,2H2,1H3/t3-,4?,5?/m1/s1. The summed E-state index contributed by atoms with van der Waals surface area (Å²) in [5, 5.41) is 10.1. The first kappa shape index (κ1) is 9.28. The van der Waals surface area contributed by atoms with Crippen molar-refractivity contribution in [3.8, 4) is 0 Å². The Labute approximate surface area is 66.7 Å². The lowest BCUT2D eigenvalue weighted by Gasteiger charge is -2.37. The van der Waals surface area contributed by atoms with Gasteiger partial charge in [0.15, 0.2) is 0 Å². The second-order valence-corrected chi connectivity index (χ2v) is 3.10. The van der Waals surface area contributed by atoms with E-state index in [2.05, 4.69) is 0 Å². The van der Waals surface area contributed by atoms with Gasteiger partial charge in [0.05, 0.1) is 5.92 Å². The van der Waals surface area contributed by atoms with E-state index >= 15 is 0 Å². The van der Waals surface area contributed by atoms with Crippen molar-refractivity contribution in [2.45, 2.75) is 25.6 Å². The molecule has 0 amide bonds. The van der Waals surface area contributed by atoms with Gasteiger partial charge in [-0.3, -0.25) is 10.1 Å². The number of hydrogen-bond donors (Lipinski definition) is 0. The minimum Gasteiger partial charge on any atom is -0.264 e. The fourth-order valence-electron chi connectivity index (χ4n) is 1.47. The number of hydrogen-bond acceptors (Lipinski definition) is 2. The SMILES string of the molecule is C[C@H]1C([N+](=O)[O-])CC1C(F)(F)F. The van der Waals surface area contributed by atoms with Crippen LogP contribution in [0.2, 0.25) is 0 Å². The third-order valence-electron chi connectivity index (χ3n) is 2.43. The molecule has 3 atom stereocenters. The van der Waals surface area contributed by atoms with Crippen LogP contribution in [0.5, 0.6) is 0 Å². The number of alkyl halides is 3. The van der Waals surface area contributed by atoms with E-state index in [1.807, 2.05) is 0 Å². The zero-order valence-electron chi connectivity index (χ0n) is 6.34. The van der Waals surface area contributed by atoms with Crippen molar-refractivity contribution in [2.24, 2.45) is 11.8 Å². The van der Waals surface area contributed by atoms with Crippen molar-refractivity contribution in [1.29, 1.82) is 0 Å². The Morgan fingerprint density at radius 3 is 2.25 bits per heavy atom. The topological polar surface area (TPSA) is 43.1 Å². The summed E-state index contributed by atoms with van der Waals surface area (Å²) in [6.45, 7) is 1.27. The van der Waals surface area contributed by atoms with Crippen LogP contribution in [0.25, 0.3) is 0 Å². The quantitative estimate of drug-likeness (QED) is 0.460. The highest BCUT2D eigenvalue weighted by atomic mass is 19.4. The lowest BCUT2D eigenvalue weighted by molar-refractivity contribution is -0.559. The molecule has 1 aliphatic carbocycles. The van der Waals surface area contributed by atoms with Gasteiger partial charge in [0.25, 0.3) is 0 Å². The zero-order valence-corrected chi connectivity index (χ0v) is 6.34. The molecule has 1 fully saturated rings. The van der Waals surface area contributed by atoms with E-state index in [0.717, 1.165) is 0 Å². The second kappa shape index (κ2) is 2.60. The van der Waals surface area contributed by atoms with Gasteiger partial charge in [0.2, 0.25) is 6.04 Å². The average molecular weight is 183 g/mol. The summed E-state index contributed by atoms with van der Waals surface area (Å²) in [4.78, 5) is 9.47. The molecule has 0 bridgehead atoms.